The number of benzene rings is 1. The third-order valence-corrected chi connectivity index (χ3v) is 5.04. The van der Waals surface area contributed by atoms with Crippen LogP contribution in [0.25, 0.3) is 5.65 Å². The Morgan fingerprint density at radius 1 is 1.22 bits per heavy atom. The average molecular weight is 363 g/mol. The van der Waals surface area contributed by atoms with Gasteiger partial charge < -0.3 is 14.0 Å². The first-order chi connectivity index (χ1) is 13.1. The van der Waals surface area contributed by atoms with Crippen LogP contribution in [0.3, 0.4) is 0 Å². The Bertz CT molecular complexity index is 926. The number of rotatable bonds is 7. The minimum Gasteiger partial charge on any atom is -0.484 e. The maximum atomic E-state index is 12.8. The van der Waals surface area contributed by atoms with Gasteiger partial charge in [-0.25, -0.2) is 4.98 Å². The highest BCUT2D eigenvalue weighted by atomic mass is 16.5. The summed E-state index contributed by atoms with van der Waals surface area (Å²) in [5.41, 5.74) is 3.19. The number of nitrogens with zero attached hydrogens (tertiary/aromatic N) is 3. The van der Waals surface area contributed by atoms with Crippen LogP contribution < -0.4 is 4.74 Å². The SMILES string of the molecule is CC(C)c1ccc(OCC(=O)N(Cc2cnc3ccccn23)C2CC2)cc1. The molecule has 1 aliphatic rings. The average Bonchev–Trinajstić information content (AvgIpc) is 3.45. The van der Waals surface area contributed by atoms with Gasteiger partial charge in [0.05, 0.1) is 18.4 Å². The van der Waals surface area contributed by atoms with Crippen molar-refractivity contribution in [2.24, 2.45) is 0 Å². The Morgan fingerprint density at radius 2 is 2.00 bits per heavy atom. The highest BCUT2D eigenvalue weighted by Gasteiger charge is 2.33. The number of imidazole rings is 1. The van der Waals surface area contributed by atoms with Gasteiger partial charge in [0.1, 0.15) is 11.4 Å². The number of pyridine rings is 1. The van der Waals surface area contributed by atoms with E-state index in [1.807, 2.05) is 52.0 Å². The van der Waals surface area contributed by atoms with Crippen molar-refractivity contribution in [3.63, 3.8) is 0 Å². The zero-order valence-electron chi connectivity index (χ0n) is 15.8. The van der Waals surface area contributed by atoms with Gasteiger partial charge >= 0.3 is 0 Å². The molecule has 5 heteroatoms. The Morgan fingerprint density at radius 3 is 2.70 bits per heavy atom. The summed E-state index contributed by atoms with van der Waals surface area (Å²) in [6.45, 7) is 4.94. The largest absolute Gasteiger partial charge is 0.484 e. The second kappa shape index (κ2) is 7.43. The molecule has 0 spiro atoms. The summed E-state index contributed by atoms with van der Waals surface area (Å²) in [6, 6.07) is 14.2. The molecule has 1 aromatic carbocycles. The molecule has 0 atom stereocenters. The van der Waals surface area contributed by atoms with Crippen LogP contribution in [0.2, 0.25) is 0 Å². The first kappa shape index (κ1) is 17.6. The monoisotopic (exact) mass is 363 g/mol. The summed E-state index contributed by atoms with van der Waals surface area (Å²) in [7, 11) is 0. The molecular formula is C22H25N3O2. The fraction of sp³-hybridized carbons (Fsp3) is 0.364. The predicted molar refractivity (Wildman–Crippen MR) is 105 cm³/mol. The maximum Gasteiger partial charge on any atom is 0.261 e. The first-order valence-corrected chi connectivity index (χ1v) is 9.55. The first-order valence-electron chi connectivity index (χ1n) is 9.55. The molecule has 1 saturated carbocycles. The Kier molecular flexibility index (Phi) is 4.84. The van der Waals surface area contributed by atoms with Gasteiger partial charge in [0.2, 0.25) is 0 Å². The highest BCUT2D eigenvalue weighted by Crippen LogP contribution is 2.29. The summed E-state index contributed by atoms with van der Waals surface area (Å²) >= 11 is 0. The van der Waals surface area contributed by atoms with Gasteiger partial charge in [0.15, 0.2) is 6.61 Å². The van der Waals surface area contributed by atoms with Gasteiger partial charge in [0, 0.05) is 12.2 Å². The fourth-order valence-corrected chi connectivity index (χ4v) is 3.26. The van der Waals surface area contributed by atoms with E-state index in [1.165, 1.54) is 5.56 Å². The van der Waals surface area contributed by atoms with Gasteiger partial charge in [-0.15, -0.1) is 0 Å². The van der Waals surface area contributed by atoms with Crippen LogP contribution >= 0.6 is 0 Å². The lowest BCUT2D eigenvalue weighted by molar-refractivity contribution is -0.134. The van der Waals surface area contributed by atoms with Crippen molar-refractivity contribution in [2.75, 3.05) is 6.61 Å². The van der Waals surface area contributed by atoms with Crippen molar-refractivity contribution in [3.05, 3.63) is 66.1 Å². The molecule has 2 heterocycles. The minimum atomic E-state index is 0.0244. The van der Waals surface area contributed by atoms with E-state index in [0.717, 1.165) is 29.9 Å². The van der Waals surface area contributed by atoms with Crippen molar-refractivity contribution in [2.45, 2.75) is 45.2 Å². The van der Waals surface area contributed by atoms with E-state index in [4.69, 9.17) is 4.74 Å². The minimum absolute atomic E-state index is 0.0244. The lowest BCUT2D eigenvalue weighted by Gasteiger charge is -2.22. The molecule has 0 radical (unpaired) electrons. The third-order valence-electron chi connectivity index (χ3n) is 5.04. The van der Waals surface area contributed by atoms with Gasteiger partial charge in [0.25, 0.3) is 5.91 Å². The zero-order chi connectivity index (χ0) is 18.8. The van der Waals surface area contributed by atoms with E-state index in [1.54, 1.807) is 0 Å². The topological polar surface area (TPSA) is 46.8 Å². The number of carbonyl (C=O) groups is 1. The second-order valence-electron chi connectivity index (χ2n) is 7.44. The molecule has 140 valence electrons. The molecule has 0 saturated heterocycles. The predicted octanol–water partition coefficient (Wildman–Crippen LogP) is 4.03. The molecule has 0 aliphatic heterocycles. The summed E-state index contributed by atoms with van der Waals surface area (Å²) in [4.78, 5) is 19.2. The number of aromatic nitrogens is 2. The van der Waals surface area contributed by atoms with Crippen LogP contribution in [-0.2, 0) is 11.3 Å². The summed E-state index contributed by atoms with van der Waals surface area (Å²) in [6.07, 6.45) is 5.96. The molecule has 27 heavy (non-hydrogen) atoms. The van der Waals surface area contributed by atoms with E-state index in [0.29, 0.717) is 18.5 Å². The van der Waals surface area contributed by atoms with E-state index in [-0.39, 0.29) is 12.5 Å². The molecule has 0 unspecified atom stereocenters. The lowest BCUT2D eigenvalue weighted by Crippen LogP contribution is -2.36. The Labute approximate surface area is 159 Å². The van der Waals surface area contributed by atoms with Gasteiger partial charge in [-0.05, 0) is 48.6 Å². The standard InChI is InChI=1S/C22H25N3O2/c1-16(2)17-6-10-20(11-7-17)27-15-22(26)25(18-8-9-18)14-19-13-23-21-5-3-4-12-24(19)21/h3-7,10-13,16,18H,8-9,14-15H2,1-2H3. The number of ether oxygens (including phenoxy) is 1. The molecule has 1 fully saturated rings. The van der Waals surface area contributed by atoms with Gasteiger partial charge in [-0.1, -0.05) is 32.0 Å². The van der Waals surface area contributed by atoms with Crippen LogP contribution in [0.15, 0.2) is 54.9 Å². The third kappa shape index (κ3) is 3.97. The summed E-state index contributed by atoms with van der Waals surface area (Å²) < 4.78 is 7.79. The molecule has 5 nitrogen and oxygen atoms in total. The lowest BCUT2D eigenvalue weighted by atomic mass is 10.0. The molecular weight excluding hydrogens is 338 g/mol. The smallest absolute Gasteiger partial charge is 0.261 e. The normalized spacial score (nSPS) is 13.9. The zero-order valence-corrected chi connectivity index (χ0v) is 15.8. The Hall–Kier alpha value is -2.82. The Balaban J connectivity index is 1.42. The number of hydrogen-bond acceptors (Lipinski definition) is 3. The highest BCUT2D eigenvalue weighted by molar-refractivity contribution is 5.78. The number of hydrogen-bond donors (Lipinski definition) is 0. The summed E-state index contributed by atoms with van der Waals surface area (Å²) in [5, 5.41) is 0. The molecule has 0 bridgehead atoms. The molecule has 0 N–H and O–H groups in total. The van der Waals surface area contributed by atoms with Crippen LogP contribution in [0, 0.1) is 0 Å². The van der Waals surface area contributed by atoms with Crippen molar-refractivity contribution < 1.29 is 9.53 Å². The summed E-state index contributed by atoms with van der Waals surface area (Å²) in [5.74, 6) is 1.24. The van der Waals surface area contributed by atoms with Crippen molar-refractivity contribution >= 4 is 11.6 Å². The number of fused-ring (bicyclic) bond motifs is 1. The quantitative estimate of drug-likeness (QED) is 0.637. The number of carbonyl (C=O) groups excluding carboxylic acids is 1. The van der Waals surface area contributed by atoms with E-state index in [9.17, 15) is 4.79 Å². The molecule has 3 aromatic rings. The van der Waals surface area contributed by atoms with Crippen LogP contribution in [0.1, 0.15) is 43.9 Å². The number of amides is 1. The van der Waals surface area contributed by atoms with E-state index in [2.05, 4.69) is 31.0 Å². The van der Waals surface area contributed by atoms with Crippen LogP contribution in [0.4, 0.5) is 0 Å². The van der Waals surface area contributed by atoms with Crippen molar-refractivity contribution in [1.82, 2.24) is 14.3 Å². The molecule has 1 amide bonds. The van der Waals surface area contributed by atoms with Gasteiger partial charge in [-0.2, -0.15) is 0 Å². The van der Waals surface area contributed by atoms with E-state index < -0.39 is 0 Å². The molecule has 2 aromatic heterocycles. The molecule has 1 aliphatic carbocycles. The van der Waals surface area contributed by atoms with Crippen molar-refractivity contribution in [3.8, 4) is 5.75 Å². The van der Waals surface area contributed by atoms with Crippen LogP contribution in [-0.4, -0.2) is 32.8 Å². The fourth-order valence-electron chi connectivity index (χ4n) is 3.26. The maximum absolute atomic E-state index is 12.8. The van der Waals surface area contributed by atoms with Crippen LogP contribution in [0.5, 0.6) is 5.75 Å². The second-order valence-corrected chi connectivity index (χ2v) is 7.44. The van der Waals surface area contributed by atoms with E-state index >= 15 is 0 Å². The van der Waals surface area contributed by atoms with Gasteiger partial charge in [-0.3, -0.25) is 4.79 Å². The molecule has 4 rings (SSSR count). The van der Waals surface area contributed by atoms with Crippen molar-refractivity contribution in [1.29, 1.82) is 0 Å².